The van der Waals surface area contributed by atoms with Crippen molar-refractivity contribution >= 4 is 51.3 Å². The monoisotopic (exact) mass is 447 g/mol. The number of fused-ring (bicyclic) bond motifs is 1. The number of benzene rings is 2. The molecule has 0 N–H and O–H groups in total. The lowest BCUT2D eigenvalue weighted by Crippen LogP contribution is -2.00. The standard InChI is InChI=1S/C21H22BrNOS2/c1-2-3-4-5-6-7-15-8-11-17(12-9-15)23-20(25)18-14-16(22)10-13-19(18)24-21(23)26/h8-14H,2-7H2,1H3. The maximum absolute atomic E-state index is 5.81. The smallest absolute Gasteiger partial charge is 0.274 e. The third kappa shape index (κ3) is 4.51. The lowest BCUT2D eigenvalue weighted by Gasteiger charge is -2.10. The van der Waals surface area contributed by atoms with Crippen LogP contribution in [0.3, 0.4) is 0 Å². The van der Waals surface area contributed by atoms with Crippen LogP contribution < -0.4 is 0 Å². The van der Waals surface area contributed by atoms with E-state index in [-0.39, 0.29) is 0 Å². The van der Waals surface area contributed by atoms with E-state index in [2.05, 4.69) is 47.1 Å². The number of rotatable bonds is 7. The van der Waals surface area contributed by atoms with E-state index < -0.39 is 0 Å². The molecule has 1 heterocycles. The Morgan fingerprint density at radius 3 is 2.42 bits per heavy atom. The molecule has 1 aromatic heterocycles. The van der Waals surface area contributed by atoms with Gasteiger partial charge in [-0.05, 0) is 61.0 Å². The summed E-state index contributed by atoms with van der Waals surface area (Å²) in [5, 5.41) is 0.878. The summed E-state index contributed by atoms with van der Waals surface area (Å²) in [5.74, 6) is 0. The zero-order chi connectivity index (χ0) is 18.5. The molecular formula is C21H22BrNOS2. The lowest BCUT2D eigenvalue weighted by molar-refractivity contribution is 0.537. The average Bonchev–Trinajstić information content (AvgIpc) is 2.63. The number of nitrogens with zero attached hydrogens (tertiary/aromatic N) is 1. The summed E-state index contributed by atoms with van der Waals surface area (Å²) in [6.07, 6.45) is 7.61. The second-order valence-corrected chi connectivity index (χ2v) is 8.13. The first-order valence-electron chi connectivity index (χ1n) is 9.05. The molecule has 0 saturated heterocycles. The Bertz CT molecular complexity index is 1010. The third-order valence-corrected chi connectivity index (χ3v) is 5.68. The SMILES string of the molecule is CCCCCCCc1ccc(-n2c(=S)oc3ccc(Br)cc3c2=S)cc1. The zero-order valence-electron chi connectivity index (χ0n) is 14.8. The van der Waals surface area contributed by atoms with Crippen LogP contribution in [0.1, 0.15) is 44.6 Å². The molecule has 136 valence electrons. The number of halogens is 1. The van der Waals surface area contributed by atoms with Gasteiger partial charge in [0.2, 0.25) is 0 Å². The molecule has 3 rings (SSSR count). The normalized spacial score (nSPS) is 11.2. The molecule has 2 aromatic carbocycles. The molecule has 26 heavy (non-hydrogen) atoms. The van der Waals surface area contributed by atoms with Gasteiger partial charge in [-0.2, -0.15) is 0 Å². The van der Waals surface area contributed by atoms with Crippen LogP contribution in [-0.2, 0) is 6.42 Å². The average molecular weight is 448 g/mol. The van der Waals surface area contributed by atoms with Crippen LogP contribution in [-0.4, -0.2) is 4.57 Å². The molecule has 0 unspecified atom stereocenters. The largest absolute Gasteiger partial charge is 0.431 e. The number of hydrogen-bond donors (Lipinski definition) is 0. The first kappa shape index (κ1) is 19.5. The molecule has 3 aromatic rings. The molecule has 0 spiro atoms. The fraction of sp³-hybridized carbons (Fsp3) is 0.333. The van der Waals surface area contributed by atoms with Gasteiger partial charge in [0, 0.05) is 4.47 Å². The Morgan fingerprint density at radius 2 is 1.69 bits per heavy atom. The summed E-state index contributed by atoms with van der Waals surface area (Å²) < 4.78 is 9.27. The zero-order valence-corrected chi connectivity index (χ0v) is 18.1. The predicted molar refractivity (Wildman–Crippen MR) is 117 cm³/mol. The van der Waals surface area contributed by atoms with Crippen LogP contribution in [0.15, 0.2) is 51.4 Å². The summed E-state index contributed by atoms with van der Waals surface area (Å²) in [5.41, 5.74) is 3.01. The molecule has 0 aliphatic rings. The van der Waals surface area contributed by atoms with E-state index in [0.717, 1.165) is 22.0 Å². The van der Waals surface area contributed by atoms with Gasteiger partial charge in [-0.1, -0.05) is 72.9 Å². The Kier molecular flexibility index (Phi) is 6.79. The second kappa shape index (κ2) is 9.07. The van der Waals surface area contributed by atoms with Crippen molar-refractivity contribution in [1.82, 2.24) is 4.57 Å². The van der Waals surface area contributed by atoms with Gasteiger partial charge >= 0.3 is 0 Å². The molecule has 0 saturated carbocycles. The minimum atomic E-state index is 0.372. The van der Waals surface area contributed by atoms with Crippen LogP contribution in [0.25, 0.3) is 16.7 Å². The minimum absolute atomic E-state index is 0.372. The molecular weight excluding hydrogens is 426 g/mol. The molecule has 0 aliphatic heterocycles. The highest BCUT2D eigenvalue weighted by Gasteiger charge is 2.07. The van der Waals surface area contributed by atoms with Crippen LogP contribution in [0.5, 0.6) is 0 Å². The molecule has 5 heteroatoms. The fourth-order valence-electron chi connectivity index (χ4n) is 3.07. The molecule has 0 radical (unpaired) electrons. The van der Waals surface area contributed by atoms with Crippen molar-refractivity contribution in [1.29, 1.82) is 0 Å². The van der Waals surface area contributed by atoms with Gasteiger partial charge in [-0.3, -0.25) is 4.57 Å². The topological polar surface area (TPSA) is 18.1 Å². The summed E-state index contributed by atoms with van der Waals surface area (Å²) in [4.78, 5) is 0.372. The molecule has 0 amide bonds. The van der Waals surface area contributed by atoms with E-state index in [1.54, 1.807) is 0 Å². The van der Waals surface area contributed by atoms with Crippen molar-refractivity contribution < 1.29 is 4.42 Å². The first-order chi connectivity index (χ1) is 12.6. The predicted octanol–water partition coefficient (Wildman–Crippen LogP) is 7.96. The number of aryl methyl sites for hydroxylation is 1. The minimum Gasteiger partial charge on any atom is -0.431 e. The van der Waals surface area contributed by atoms with Crippen molar-refractivity contribution in [2.45, 2.75) is 45.4 Å². The van der Waals surface area contributed by atoms with E-state index in [1.807, 2.05) is 22.8 Å². The maximum atomic E-state index is 5.81. The van der Waals surface area contributed by atoms with Crippen LogP contribution in [0.4, 0.5) is 0 Å². The van der Waals surface area contributed by atoms with Crippen LogP contribution >= 0.6 is 40.4 Å². The van der Waals surface area contributed by atoms with E-state index in [0.29, 0.717) is 15.1 Å². The Morgan fingerprint density at radius 1 is 0.962 bits per heavy atom. The van der Waals surface area contributed by atoms with Crippen LogP contribution in [0, 0.1) is 9.48 Å². The maximum Gasteiger partial charge on any atom is 0.274 e. The van der Waals surface area contributed by atoms with Crippen molar-refractivity contribution in [3.63, 3.8) is 0 Å². The Labute approximate surface area is 173 Å². The summed E-state index contributed by atoms with van der Waals surface area (Å²) in [7, 11) is 0. The molecule has 0 bridgehead atoms. The number of hydrogen-bond acceptors (Lipinski definition) is 3. The van der Waals surface area contributed by atoms with Crippen molar-refractivity contribution in [2.75, 3.05) is 0 Å². The van der Waals surface area contributed by atoms with E-state index in [1.165, 1.54) is 37.7 Å². The number of aromatic nitrogens is 1. The van der Waals surface area contributed by atoms with Crippen molar-refractivity contribution in [3.8, 4) is 5.69 Å². The fourth-order valence-corrected chi connectivity index (χ4v) is 4.12. The molecule has 2 nitrogen and oxygen atoms in total. The lowest BCUT2D eigenvalue weighted by atomic mass is 10.1. The number of unbranched alkanes of at least 4 members (excludes halogenated alkanes) is 4. The first-order valence-corrected chi connectivity index (χ1v) is 10.7. The highest BCUT2D eigenvalue weighted by atomic mass is 79.9. The van der Waals surface area contributed by atoms with Gasteiger partial charge in [0.05, 0.1) is 11.1 Å². The highest BCUT2D eigenvalue weighted by Crippen LogP contribution is 2.24. The van der Waals surface area contributed by atoms with Gasteiger partial charge in [-0.15, -0.1) is 0 Å². The Hall–Kier alpha value is -1.30. The Balaban J connectivity index is 1.85. The summed E-state index contributed by atoms with van der Waals surface area (Å²) in [6.45, 7) is 2.25. The molecule has 0 atom stereocenters. The van der Waals surface area contributed by atoms with Crippen molar-refractivity contribution in [2.24, 2.45) is 0 Å². The van der Waals surface area contributed by atoms with E-state index >= 15 is 0 Å². The van der Waals surface area contributed by atoms with Gasteiger partial charge in [0.1, 0.15) is 10.2 Å². The van der Waals surface area contributed by atoms with Gasteiger partial charge in [-0.25, -0.2) is 0 Å². The highest BCUT2D eigenvalue weighted by molar-refractivity contribution is 9.10. The van der Waals surface area contributed by atoms with Crippen LogP contribution in [0.2, 0.25) is 0 Å². The van der Waals surface area contributed by atoms with E-state index in [9.17, 15) is 0 Å². The van der Waals surface area contributed by atoms with Gasteiger partial charge in [0.25, 0.3) is 4.84 Å². The molecule has 0 aliphatic carbocycles. The van der Waals surface area contributed by atoms with Crippen molar-refractivity contribution in [3.05, 3.63) is 62.0 Å². The quantitative estimate of drug-likeness (QED) is 0.270. The molecule has 0 fully saturated rings. The third-order valence-electron chi connectivity index (χ3n) is 4.52. The van der Waals surface area contributed by atoms with Gasteiger partial charge in [0.15, 0.2) is 0 Å². The summed E-state index contributed by atoms with van der Waals surface area (Å²) >= 11 is 14.6. The van der Waals surface area contributed by atoms with E-state index in [4.69, 9.17) is 28.9 Å². The summed E-state index contributed by atoms with van der Waals surface area (Å²) in [6, 6.07) is 14.3. The van der Waals surface area contributed by atoms with Gasteiger partial charge < -0.3 is 4.42 Å². The second-order valence-electron chi connectivity index (χ2n) is 6.48.